The van der Waals surface area contributed by atoms with Crippen LogP contribution >= 0.6 is 22.6 Å². The quantitative estimate of drug-likeness (QED) is 0.850. The number of carbonyl (C=O) groups excluding carboxylic acids is 1. The molecular weight excluding hydrogens is 336 g/mol. The highest BCUT2D eigenvalue weighted by Crippen LogP contribution is 2.13. The Labute approximate surface area is 113 Å². The molecular formula is C12H13FINO2. The maximum Gasteiger partial charge on any atom is 0.251 e. The van der Waals surface area contributed by atoms with E-state index in [-0.39, 0.29) is 11.7 Å². The van der Waals surface area contributed by atoms with E-state index in [2.05, 4.69) is 5.32 Å². The number of nitrogens with one attached hydrogen (secondary N) is 1. The highest BCUT2D eigenvalue weighted by atomic mass is 127. The summed E-state index contributed by atoms with van der Waals surface area (Å²) < 4.78 is 19.0. The van der Waals surface area contributed by atoms with Gasteiger partial charge in [-0.1, -0.05) is 0 Å². The van der Waals surface area contributed by atoms with E-state index in [1.165, 1.54) is 6.07 Å². The molecule has 1 N–H and O–H groups in total. The zero-order chi connectivity index (χ0) is 12.3. The van der Waals surface area contributed by atoms with Crippen LogP contribution in [0.4, 0.5) is 4.39 Å². The highest BCUT2D eigenvalue weighted by Gasteiger charge is 2.17. The summed E-state index contributed by atoms with van der Waals surface area (Å²) in [7, 11) is 0. The second kappa shape index (κ2) is 5.77. The normalized spacial score (nSPS) is 19.3. The zero-order valence-electron chi connectivity index (χ0n) is 9.21. The molecule has 1 aromatic rings. The molecule has 0 aromatic heterocycles. The lowest BCUT2D eigenvalue weighted by atomic mass is 10.1. The van der Waals surface area contributed by atoms with Crippen molar-refractivity contribution in [2.24, 2.45) is 5.92 Å². The molecule has 1 aromatic carbocycles. The van der Waals surface area contributed by atoms with Crippen molar-refractivity contribution in [3.63, 3.8) is 0 Å². The Balaban J connectivity index is 1.92. The molecule has 1 aliphatic rings. The van der Waals surface area contributed by atoms with Gasteiger partial charge in [-0.25, -0.2) is 4.39 Å². The van der Waals surface area contributed by atoms with Crippen LogP contribution < -0.4 is 5.32 Å². The van der Waals surface area contributed by atoms with Crippen LogP contribution in [0.25, 0.3) is 0 Å². The summed E-state index contributed by atoms with van der Waals surface area (Å²) in [5.74, 6) is -0.206. The summed E-state index contributed by atoms with van der Waals surface area (Å²) in [6.07, 6.45) is 0.974. The molecule has 1 saturated heterocycles. The maximum atomic E-state index is 13.3. The van der Waals surface area contributed by atoms with Crippen LogP contribution in [-0.2, 0) is 4.74 Å². The maximum absolute atomic E-state index is 13.3. The Hall–Kier alpha value is -0.690. The minimum absolute atomic E-state index is 0.229. The molecule has 17 heavy (non-hydrogen) atoms. The topological polar surface area (TPSA) is 38.3 Å². The number of rotatable bonds is 3. The van der Waals surface area contributed by atoms with Gasteiger partial charge < -0.3 is 10.1 Å². The largest absolute Gasteiger partial charge is 0.381 e. The Morgan fingerprint density at radius 3 is 3.06 bits per heavy atom. The molecule has 3 nitrogen and oxygen atoms in total. The lowest BCUT2D eigenvalue weighted by Crippen LogP contribution is -2.29. The van der Waals surface area contributed by atoms with Gasteiger partial charge in [0.1, 0.15) is 5.82 Å². The van der Waals surface area contributed by atoms with E-state index >= 15 is 0 Å². The second-order valence-electron chi connectivity index (χ2n) is 4.07. The third-order valence-electron chi connectivity index (χ3n) is 2.76. The van der Waals surface area contributed by atoms with Crippen LogP contribution in [0.2, 0.25) is 0 Å². The molecule has 0 bridgehead atoms. The number of ether oxygens (including phenoxy) is 1. The number of amides is 1. The van der Waals surface area contributed by atoms with Crippen molar-refractivity contribution in [1.29, 1.82) is 0 Å². The summed E-state index contributed by atoms with van der Waals surface area (Å²) in [6.45, 7) is 2.05. The molecule has 0 radical (unpaired) electrons. The minimum Gasteiger partial charge on any atom is -0.381 e. The SMILES string of the molecule is O=C(NCC1CCOC1)c1ccc(I)c(F)c1. The van der Waals surface area contributed by atoms with Crippen LogP contribution in [-0.4, -0.2) is 25.7 Å². The highest BCUT2D eigenvalue weighted by molar-refractivity contribution is 14.1. The van der Waals surface area contributed by atoms with Crippen molar-refractivity contribution >= 4 is 28.5 Å². The van der Waals surface area contributed by atoms with Crippen molar-refractivity contribution in [3.05, 3.63) is 33.1 Å². The molecule has 1 fully saturated rings. The van der Waals surface area contributed by atoms with Crippen LogP contribution in [0.3, 0.4) is 0 Å². The minimum atomic E-state index is -0.359. The lowest BCUT2D eigenvalue weighted by Gasteiger charge is -2.09. The first kappa shape index (κ1) is 12.8. The summed E-state index contributed by atoms with van der Waals surface area (Å²) in [5, 5.41) is 2.80. The fourth-order valence-corrected chi connectivity index (χ4v) is 2.06. The Bertz CT molecular complexity index is 419. The molecule has 0 spiro atoms. The molecule has 1 aliphatic heterocycles. The lowest BCUT2D eigenvalue weighted by molar-refractivity contribution is 0.0944. The Morgan fingerprint density at radius 1 is 1.59 bits per heavy atom. The van der Waals surface area contributed by atoms with Crippen LogP contribution in [0.15, 0.2) is 18.2 Å². The number of carbonyl (C=O) groups is 1. The summed E-state index contributed by atoms with van der Waals surface area (Å²) in [6, 6.07) is 4.50. The van der Waals surface area contributed by atoms with Crippen molar-refractivity contribution in [1.82, 2.24) is 5.32 Å². The van der Waals surface area contributed by atoms with Crippen molar-refractivity contribution in [2.45, 2.75) is 6.42 Å². The molecule has 0 aliphatic carbocycles. The number of halogens is 2. The van der Waals surface area contributed by atoms with Gasteiger partial charge in [0.15, 0.2) is 0 Å². The van der Waals surface area contributed by atoms with E-state index in [9.17, 15) is 9.18 Å². The Kier molecular flexibility index (Phi) is 4.33. The summed E-state index contributed by atoms with van der Waals surface area (Å²) >= 11 is 1.89. The predicted octanol–water partition coefficient (Wildman–Crippen LogP) is 2.20. The van der Waals surface area contributed by atoms with Gasteiger partial charge in [-0.3, -0.25) is 4.79 Å². The van der Waals surface area contributed by atoms with Gasteiger partial charge >= 0.3 is 0 Å². The van der Waals surface area contributed by atoms with Gasteiger partial charge in [-0.2, -0.15) is 0 Å². The third kappa shape index (κ3) is 3.38. The Morgan fingerprint density at radius 2 is 2.41 bits per heavy atom. The smallest absolute Gasteiger partial charge is 0.251 e. The van der Waals surface area contributed by atoms with Crippen LogP contribution in [0.1, 0.15) is 16.8 Å². The molecule has 2 rings (SSSR count). The number of hydrogen-bond acceptors (Lipinski definition) is 2. The van der Waals surface area contributed by atoms with E-state index in [1.54, 1.807) is 12.1 Å². The summed E-state index contributed by atoms with van der Waals surface area (Å²) in [4.78, 5) is 11.7. The van der Waals surface area contributed by atoms with Crippen molar-refractivity contribution in [2.75, 3.05) is 19.8 Å². The number of hydrogen-bond donors (Lipinski definition) is 1. The molecule has 1 unspecified atom stereocenters. The van der Waals surface area contributed by atoms with Gasteiger partial charge in [0.2, 0.25) is 0 Å². The molecule has 1 heterocycles. The van der Waals surface area contributed by atoms with Gasteiger partial charge in [-0.15, -0.1) is 0 Å². The first-order chi connectivity index (χ1) is 8.16. The second-order valence-corrected chi connectivity index (χ2v) is 5.23. The predicted molar refractivity (Wildman–Crippen MR) is 70.4 cm³/mol. The van der Waals surface area contributed by atoms with Crippen LogP contribution in [0.5, 0.6) is 0 Å². The van der Waals surface area contributed by atoms with E-state index in [0.717, 1.165) is 13.0 Å². The average molecular weight is 349 g/mol. The molecule has 1 amide bonds. The van der Waals surface area contributed by atoms with E-state index in [4.69, 9.17) is 4.74 Å². The first-order valence-corrected chi connectivity index (χ1v) is 6.55. The first-order valence-electron chi connectivity index (χ1n) is 5.48. The fourth-order valence-electron chi connectivity index (χ4n) is 1.72. The van der Waals surface area contributed by atoms with Gasteiger partial charge in [0.25, 0.3) is 5.91 Å². The zero-order valence-corrected chi connectivity index (χ0v) is 11.4. The monoisotopic (exact) mass is 349 g/mol. The van der Waals surface area contributed by atoms with Gasteiger partial charge in [0, 0.05) is 28.2 Å². The fraction of sp³-hybridized carbons (Fsp3) is 0.417. The van der Waals surface area contributed by atoms with E-state index < -0.39 is 0 Å². The molecule has 1 atom stereocenters. The summed E-state index contributed by atoms with van der Waals surface area (Å²) in [5.41, 5.74) is 0.363. The third-order valence-corrected chi connectivity index (χ3v) is 3.63. The van der Waals surface area contributed by atoms with Gasteiger partial charge in [-0.05, 0) is 47.2 Å². The molecule has 92 valence electrons. The van der Waals surface area contributed by atoms with E-state index in [0.29, 0.717) is 28.2 Å². The van der Waals surface area contributed by atoms with Gasteiger partial charge in [0.05, 0.1) is 6.61 Å². The molecule has 5 heteroatoms. The standard InChI is InChI=1S/C12H13FINO2/c13-10-5-9(1-2-11(10)14)12(16)15-6-8-3-4-17-7-8/h1-2,5,8H,3-4,6-7H2,(H,15,16). The molecule has 0 saturated carbocycles. The van der Waals surface area contributed by atoms with Crippen molar-refractivity contribution < 1.29 is 13.9 Å². The van der Waals surface area contributed by atoms with Crippen molar-refractivity contribution in [3.8, 4) is 0 Å². The van der Waals surface area contributed by atoms with Crippen LogP contribution in [0, 0.1) is 15.3 Å². The average Bonchev–Trinajstić information content (AvgIpc) is 2.82. The van der Waals surface area contributed by atoms with E-state index in [1.807, 2.05) is 22.6 Å². The number of benzene rings is 1.